The summed E-state index contributed by atoms with van der Waals surface area (Å²) < 4.78 is 29.8. The second kappa shape index (κ2) is 9.94. The van der Waals surface area contributed by atoms with E-state index in [0.29, 0.717) is 11.1 Å². The summed E-state index contributed by atoms with van der Waals surface area (Å²) in [5.41, 5.74) is 3.70. The summed E-state index contributed by atoms with van der Waals surface area (Å²) >= 11 is 0. The zero-order valence-electron chi connectivity index (χ0n) is 19.9. The molecule has 0 heterocycles. The molecule has 1 nitrogen and oxygen atoms in total. The lowest BCUT2D eigenvalue weighted by Crippen LogP contribution is -2.40. The van der Waals surface area contributed by atoms with Crippen molar-refractivity contribution in [1.82, 2.24) is 0 Å². The molecule has 0 aromatic heterocycles. The van der Waals surface area contributed by atoms with Gasteiger partial charge in [-0.05, 0) is 34.4 Å². The molecular formula is C30H30F2OSi. The summed E-state index contributed by atoms with van der Waals surface area (Å²) in [5, 5.41) is 10.9. The van der Waals surface area contributed by atoms with Crippen molar-refractivity contribution < 1.29 is 13.9 Å². The third-order valence-electron chi connectivity index (χ3n) is 6.61. The summed E-state index contributed by atoms with van der Waals surface area (Å²) in [5.74, 6) is -1.68. The number of aromatic hydroxyl groups is 1. The van der Waals surface area contributed by atoms with Gasteiger partial charge in [-0.15, -0.1) is 0 Å². The third kappa shape index (κ3) is 4.97. The average molecular weight is 473 g/mol. The summed E-state index contributed by atoms with van der Waals surface area (Å²) in [6, 6.07) is 26.9. The number of rotatable bonds is 7. The van der Waals surface area contributed by atoms with Crippen molar-refractivity contribution in [2.75, 3.05) is 0 Å². The number of hydrogen-bond donors (Lipinski definition) is 1. The number of phenolic OH excluding ortho intramolecular Hbond substituents is 1. The standard InChI is InChI=1S/C30H30F2OSi/c1-4-5-20-34(2,3)26-16-12-22(13-17-26)21-6-8-23(9-7-21)27-18-19-28(30(32)29(27)31)24-10-14-25(33)15-11-24/h6-19,33H,4-5,20H2,1-3H3. The van der Waals surface area contributed by atoms with Crippen LogP contribution >= 0.6 is 0 Å². The van der Waals surface area contributed by atoms with Gasteiger partial charge >= 0.3 is 0 Å². The lowest BCUT2D eigenvalue weighted by atomic mass is 9.97. The lowest BCUT2D eigenvalue weighted by molar-refractivity contribution is 0.475. The van der Waals surface area contributed by atoms with Gasteiger partial charge in [-0.3, -0.25) is 0 Å². The molecule has 4 rings (SSSR count). The second-order valence-corrected chi connectivity index (χ2v) is 14.3. The van der Waals surface area contributed by atoms with E-state index >= 15 is 0 Å². The first-order valence-electron chi connectivity index (χ1n) is 11.8. The fourth-order valence-electron chi connectivity index (χ4n) is 4.36. The van der Waals surface area contributed by atoms with Gasteiger partial charge in [0.1, 0.15) is 5.75 Å². The smallest absolute Gasteiger partial charge is 0.167 e. The van der Waals surface area contributed by atoms with E-state index < -0.39 is 19.7 Å². The van der Waals surface area contributed by atoms with Crippen LogP contribution in [0.1, 0.15) is 19.8 Å². The van der Waals surface area contributed by atoms with Gasteiger partial charge in [0.05, 0.1) is 8.07 Å². The molecule has 0 atom stereocenters. The third-order valence-corrected chi connectivity index (χ3v) is 10.1. The summed E-state index contributed by atoms with van der Waals surface area (Å²) in [6.45, 7) is 7.09. The van der Waals surface area contributed by atoms with E-state index in [1.165, 1.54) is 36.2 Å². The van der Waals surface area contributed by atoms with Gasteiger partial charge in [0, 0.05) is 11.1 Å². The van der Waals surface area contributed by atoms with Crippen molar-refractivity contribution in [1.29, 1.82) is 0 Å². The molecule has 0 amide bonds. The zero-order chi connectivity index (χ0) is 24.3. The number of halogens is 2. The van der Waals surface area contributed by atoms with E-state index in [1.54, 1.807) is 24.3 Å². The minimum atomic E-state index is -1.41. The highest BCUT2D eigenvalue weighted by molar-refractivity contribution is 6.89. The number of benzene rings is 4. The van der Waals surface area contributed by atoms with E-state index in [9.17, 15) is 13.9 Å². The molecule has 0 unspecified atom stereocenters. The van der Waals surface area contributed by atoms with Gasteiger partial charge < -0.3 is 5.11 Å². The van der Waals surface area contributed by atoms with E-state index in [2.05, 4.69) is 44.3 Å². The van der Waals surface area contributed by atoms with Crippen molar-refractivity contribution >= 4 is 13.3 Å². The Morgan fingerprint density at radius 2 is 1.03 bits per heavy atom. The van der Waals surface area contributed by atoms with E-state index in [0.717, 1.165) is 11.1 Å². The molecule has 0 aliphatic heterocycles. The number of phenols is 1. The molecule has 174 valence electrons. The molecular weight excluding hydrogens is 442 g/mol. The molecule has 0 aliphatic rings. The van der Waals surface area contributed by atoms with Crippen molar-refractivity contribution in [2.45, 2.75) is 38.9 Å². The molecule has 0 saturated heterocycles. The highest BCUT2D eigenvalue weighted by Gasteiger charge is 2.22. The molecule has 4 aromatic carbocycles. The van der Waals surface area contributed by atoms with Gasteiger partial charge in [0.15, 0.2) is 11.6 Å². The van der Waals surface area contributed by atoms with Gasteiger partial charge in [0.25, 0.3) is 0 Å². The van der Waals surface area contributed by atoms with E-state index in [1.807, 2.05) is 24.3 Å². The maximum atomic E-state index is 15.0. The Kier molecular flexibility index (Phi) is 6.99. The first kappa shape index (κ1) is 23.9. The van der Waals surface area contributed by atoms with E-state index in [-0.39, 0.29) is 16.9 Å². The minimum Gasteiger partial charge on any atom is -0.508 e. The second-order valence-electron chi connectivity index (χ2n) is 9.48. The van der Waals surface area contributed by atoms with Crippen LogP contribution < -0.4 is 5.19 Å². The van der Waals surface area contributed by atoms with Crippen LogP contribution in [0.3, 0.4) is 0 Å². The summed E-state index contributed by atoms with van der Waals surface area (Å²) in [7, 11) is -1.41. The highest BCUT2D eigenvalue weighted by atomic mass is 28.3. The molecule has 0 radical (unpaired) electrons. The van der Waals surface area contributed by atoms with Crippen LogP contribution in [0.5, 0.6) is 5.75 Å². The van der Waals surface area contributed by atoms with Crippen molar-refractivity contribution in [3.63, 3.8) is 0 Å². The maximum Gasteiger partial charge on any atom is 0.167 e. The Balaban J connectivity index is 1.57. The Morgan fingerprint density at radius 1 is 0.618 bits per heavy atom. The maximum absolute atomic E-state index is 15.0. The Bertz CT molecular complexity index is 1260. The Labute approximate surface area is 201 Å². The monoisotopic (exact) mass is 472 g/mol. The minimum absolute atomic E-state index is 0.0817. The van der Waals surface area contributed by atoms with Gasteiger partial charge in [-0.2, -0.15) is 0 Å². The zero-order valence-corrected chi connectivity index (χ0v) is 20.9. The molecule has 0 fully saturated rings. The highest BCUT2D eigenvalue weighted by Crippen LogP contribution is 2.33. The Morgan fingerprint density at radius 3 is 1.50 bits per heavy atom. The van der Waals surface area contributed by atoms with Crippen molar-refractivity contribution in [2.24, 2.45) is 0 Å². The molecule has 34 heavy (non-hydrogen) atoms. The predicted molar refractivity (Wildman–Crippen MR) is 141 cm³/mol. The number of unbranched alkanes of at least 4 members (excludes halogenated alkanes) is 1. The van der Waals surface area contributed by atoms with Gasteiger partial charge in [0.2, 0.25) is 0 Å². The van der Waals surface area contributed by atoms with Crippen LogP contribution in [-0.2, 0) is 0 Å². The van der Waals surface area contributed by atoms with Crippen LogP contribution in [0.25, 0.3) is 33.4 Å². The largest absolute Gasteiger partial charge is 0.508 e. The molecule has 4 aromatic rings. The SMILES string of the molecule is CCCC[Si](C)(C)c1ccc(-c2ccc(-c3ccc(-c4ccc(O)cc4)c(F)c3F)cc2)cc1. The average Bonchev–Trinajstić information content (AvgIpc) is 2.85. The van der Waals surface area contributed by atoms with Crippen LogP contribution in [0.15, 0.2) is 84.9 Å². The van der Waals surface area contributed by atoms with Gasteiger partial charge in [-0.1, -0.05) is 117 Å². The summed E-state index contributed by atoms with van der Waals surface area (Å²) in [6.07, 6.45) is 2.50. The normalized spacial score (nSPS) is 11.6. The van der Waals surface area contributed by atoms with Crippen LogP contribution in [0, 0.1) is 11.6 Å². The van der Waals surface area contributed by atoms with Crippen LogP contribution in [0.4, 0.5) is 8.78 Å². The predicted octanol–water partition coefficient (Wildman–Crippen LogP) is 8.39. The molecule has 0 bridgehead atoms. The Hall–Kier alpha value is -3.24. The quantitative estimate of drug-likeness (QED) is 0.268. The molecule has 0 aliphatic carbocycles. The van der Waals surface area contributed by atoms with Crippen LogP contribution in [0.2, 0.25) is 19.1 Å². The van der Waals surface area contributed by atoms with Crippen molar-refractivity contribution in [3.8, 4) is 39.1 Å². The first-order chi connectivity index (χ1) is 16.3. The summed E-state index contributed by atoms with van der Waals surface area (Å²) in [4.78, 5) is 0. The molecule has 0 spiro atoms. The number of hydrogen-bond acceptors (Lipinski definition) is 1. The van der Waals surface area contributed by atoms with Crippen LogP contribution in [-0.4, -0.2) is 13.2 Å². The van der Waals surface area contributed by atoms with Gasteiger partial charge in [-0.25, -0.2) is 8.78 Å². The molecule has 4 heteroatoms. The topological polar surface area (TPSA) is 20.2 Å². The van der Waals surface area contributed by atoms with Crippen molar-refractivity contribution in [3.05, 3.63) is 96.6 Å². The molecule has 1 N–H and O–H groups in total. The fourth-order valence-corrected chi connectivity index (χ4v) is 6.95. The first-order valence-corrected chi connectivity index (χ1v) is 15.0. The molecule has 0 saturated carbocycles. The fraction of sp³-hybridized carbons (Fsp3) is 0.200. The van der Waals surface area contributed by atoms with E-state index in [4.69, 9.17) is 0 Å². The lowest BCUT2D eigenvalue weighted by Gasteiger charge is -2.23.